The standard InChI is InChI=1S/C13H17BrN2O3/c1-4-8(2)16(3)13(19)15-11-6-5-9(14)7-10(11)12(17)18/h5-8H,4H2,1-3H3,(H,15,19)(H,17,18). The van der Waals surface area contributed by atoms with E-state index < -0.39 is 5.97 Å². The Morgan fingerprint density at radius 3 is 2.63 bits per heavy atom. The molecule has 104 valence electrons. The van der Waals surface area contributed by atoms with Gasteiger partial charge in [-0.05, 0) is 31.5 Å². The van der Waals surface area contributed by atoms with Crippen LogP contribution in [0.1, 0.15) is 30.6 Å². The molecule has 1 aromatic carbocycles. The number of carbonyl (C=O) groups excluding carboxylic acids is 1. The number of amides is 2. The van der Waals surface area contributed by atoms with Gasteiger partial charge in [-0.3, -0.25) is 0 Å². The zero-order valence-electron chi connectivity index (χ0n) is 11.1. The molecule has 2 N–H and O–H groups in total. The second kappa shape index (κ2) is 6.56. The quantitative estimate of drug-likeness (QED) is 0.889. The zero-order valence-corrected chi connectivity index (χ0v) is 12.7. The fraction of sp³-hybridized carbons (Fsp3) is 0.385. The second-order valence-corrected chi connectivity index (χ2v) is 5.21. The highest BCUT2D eigenvalue weighted by molar-refractivity contribution is 9.10. The lowest BCUT2D eigenvalue weighted by atomic mass is 10.2. The van der Waals surface area contributed by atoms with Crippen molar-refractivity contribution in [1.82, 2.24) is 4.90 Å². The van der Waals surface area contributed by atoms with Gasteiger partial charge in [-0.25, -0.2) is 9.59 Å². The topological polar surface area (TPSA) is 69.6 Å². The summed E-state index contributed by atoms with van der Waals surface area (Å²) < 4.78 is 0.651. The third-order valence-electron chi connectivity index (χ3n) is 3.03. The van der Waals surface area contributed by atoms with Gasteiger partial charge < -0.3 is 15.3 Å². The number of nitrogens with one attached hydrogen (secondary N) is 1. The third kappa shape index (κ3) is 3.96. The van der Waals surface area contributed by atoms with Crippen LogP contribution in [-0.2, 0) is 0 Å². The molecule has 1 aromatic rings. The van der Waals surface area contributed by atoms with E-state index in [2.05, 4.69) is 21.2 Å². The fourth-order valence-electron chi connectivity index (χ4n) is 1.48. The van der Waals surface area contributed by atoms with Gasteiger partial charge in [0.2, 0.25) is 0 Å². The monoisotopic (exact) mass is 328 g/mol. The first-order valence-corrected chi connectivity index (χ1v) is 6.72. The highest BCUT2D eigenvalue weighted by Gasteiger charge is 2.17. The summed E-state index contributed by atoms with van der Waals surface area (Å²) in [6, 6.07) is 4.48. The highest BCUT2D eigenvalue weighted by Crippen LogP contribution is 2.21. The number of nitrogens with zero attached hydrogens (tertiary/aromatic N) is 1. The number of carboxylic acid groups (broad SMARTS) is 1. The number of hydrogen-bond donors (Lipinski definition) is 2. The molecule has 0 heterocycles. The minimum absolute atomic E-state index is 0.0558. The molecule has 0 spiro atoms. The number of carboxylic acids is 1. The molecule has 0 aliphatic heterocycles. The van der Waals surface area contributed by atoms with E-state index in [1.54, 1.807) is 24.1 Å². The van der Waals surface area contributed by atoms with Crippen LogP contribution in [0.2, 0.25) is 0 Å². The normalized spacial score (nSPS) is 11.8. The number of hydrogen-bond acceptors (Lipinski definition) is 2. The first-order chi connectivity index (χ1) is 8.86. The largest absolute Gasteiger partial charge is 0.478 e. The van der Waals surface area contributed by atoms with Gasteiger partial charge >= 0.3 is 12.0 Å². The molecule has 19 heavy (non-hydrogen) atoms. The van der Waals surface area contributed by atoms with E-state index in [0.29, 0.717) is 4.47 Å². The number of carbonyl (C=O) groups is 2. The Balaban J connectivity index is 2.94. The van der Waals surface area contributed by atoms with Crippen LogP contribution in [-0.4, -0.2) is 35.1 Å². The number of benzene rings is 1. The lowest BCUT2D eigenvalue weighted by Crippen LogP contribution is -2.38. The Bertz CT molecular complexity index is 491. The van der Waals surface area contributed by atoms with E-state index in [1.807, 2.05) is 13.8 Å². The molecule has 0 aromatic heterocycles. The summed E-state index contributed by atoms with van der Waals surface area (Å²) in [5.41, 5.74) is 0.344. The van der Waals surface area contributed by atoms with E-state index in [1.165, 1.54) is 6.07 Å². The Morgan fingerprint density at radius 2 is 2.11 bits per heavy atom. The average Bonchev–Trinajstić information content (AvgIpc) is 2.38. The highest BCUT2D eigenvalue weighted by atomic mass is 79.9. The predicted octanol–water partition coefficient (Wildman–Crippen LogP) is 3.41. The van der Waals surface area contributed by atoms with Crippen LogP contribution in [0, 0.1) is 0 Å². The molecule has 0 aliphatic carbocycles. The number of rotatable bonds is 4. The summed E-state index contributed by atoms with van der Waals surface area (Å²) in [7, 11) is 1.68. The Morgan fingerprint density at radius 1 is 1.47 bits per heavy atom. The smallest absolute Gasteiger partial charge is 0.337 e. The molecule has 1 rings (SSSR count). The van der Waals surface area contributed by atoms with Crippen molar-refractivity contribution < 1.29 is 14.7 Å². The van der Waals surface area contributed by atoms with Gasteiger partial charge in [0, 0.05) is 17.6 Å². The van der Waals surface area contributed by atoms with Gasteiger partial charge in [-0.15, -0.1) is 0 Å². The molecule has 0 saturated carbocycles. The first kappa shape index (κ1) is 15.5. The minimum Gasteiger partial charge on any atom is -0.478 e. The summed E-state index contributed by atoms with van der Waals surface area (Å²) in [6.07, 6.45) is 0.829. The first-order valence-electron chi connectivity index (χ1n) is 5.93. The molecular formula is C13H17BrN2O3. The van der Waals surface area contributed by atoms with Crippen LogP contribution in [0.25, 0.3) is 0 Å². The summed E-state index contributed by atoms with van der Waals surface area (Å²) >= 11 is 3.21. The molecule has 5 nitrogen and oxygen atoms in total. The van der Waals surface area contributed by atoms with Gasteiger partial charge in [0.25, 0.3) is 0 Å². The van der Waals surface area contributed by atoms with Gasteiger partial charge in [-0.1, -0.05) is 22.9 Å². The number of aromatic carboxylic acids is 1. The maximum atomic E-state index is 12.0. The predicted molar refractivity (Wildman–Crippen MR) is 77.6 cm³/mol. The van der Waals surface area contributed by atoms with Crippen molar-refractivity contribution in [3.63, 3.8) is 0 Å². The van der Waals surface area contributed by atoms with Crippen molar-refractivity contribution in [2.75, 3.05) is 12.4 Å². The maximum Gasteiger partial charge on any atom is 0.337 e. The molecule has 0 bridgehead atoms. The van der Waals surface area contributed by atoms with Gasteiger partial charge in [0.05, 0.1) is 11.3 Å². The van der Waals surface area contributed by atoms with E-state index >= 15 is 0 Å². The summed E-state index contributed by atoms with van der Waals surface area (Å²) in [5, 5.41) is 11.7. The number of anilines is 1. The summed E-state index contributed by atoms with van der Waals surface area (Å²) in [5.74, 6) is -1.08. The molecule has 0 fully saturated rings. The summed E-state index contributed by atoms with van der Waals surface area (Å²) in [4.78, 5) is 24.7. The van der Waals surface area contributed by atoms with Crippen molar-refractivity contribution in [1.29, 1.82) is 0 Å². The minimum atomic E-state index is -1.08. The van der Waals surface area contributed by atoms with Crippen molar-refractivity contribution in [2.24, 2.45) is 0 Å². The molecular weight excluding hydrogens is 312 g/mol. The van der Waals surface area contributed by atoms with Crippen LogP contribution in [0.5, 0.6) is 0 Å². The summed E-state index contributed by atoms with van der Waals surface area (Å²) in [6.45, 7) is 3.91. The van der Waals surface area contributed by atoms with Crippen molar-refractivity contribution in [3.05, 3.63) is 28.2 Å². The Kier molecular flexibility index (Phi) is 5.35. The molecule has 0 radical (unpaired) electrons. The second-order valence-electron chi connectivity index (χ2n) is 4.29. The van der Waals surface area contributed by atoms with Crippen LogP contribution in [0.15, 0.2) is 22.7 Å². The maximum absolute atomic E-state index is 12.0. The SMILES string of the molecule is CCC(C)N(C)C(=O)Nc1ccc(Br)cc1C(=O)O. The fourth-order valence-corrected chi connectivity index (χ4v) is 1.84. The molecule has 2 amide bonds. The number of urea groups is 1. The lowest BCUT2D eigenvalue weighted by molar-refractivity contribution is 0.0698. The van der Waals surface area contributed by atoms with Crippen molar-refractivity contribution >= 4 is 33.6 Å². The van der Waals surface area contributed by atoms with Crippen LogP contribution < -0.4 is 5.32 Å². The molecule has 0 saturated heterocycles. The zero-order chi connectivity index (χ0) is 14.6. The number of halogens is 1. The lowest BCUT2D eigenvalue weighted by Gasteiger charge is -2.24. The Labute approximate surface area is 120 Å². The van der Waals surface area contributed by atoms with Gasteiger partial charge in [0.15, 0.2) is 0 Å². The third-order valence-corrected chi connectivity index (χ3v) is 3.52. The van der Waals surface area contributed by atoms with Crippen molar-refractivity contribution in [3.8, 4) is 0 Å². The van der Waals surface area contributed by atoms with Crippen LogP contribution in [0.4, 0.5) is 10.5 Å². The van der Waals surface area contributed by atoms with E-state index in [0.717, 1.165) is 6.42 Å². The van der Waals surface area contributed by atoms with E-state index in [4.69, 9.17) is 5.11 Å². The van der Waals surface area contributed by atoms with Crippen LogP contribution in [0.3, 0.4) is 0 Å². The molecule has 0 aliphatic rings. The van der Waals surface area contributed by atoms with Crippen LogP contribution >= 0.6 is 15.9 Å². The van der Waals surface area contributed by atoms with E-state index in [9.17, 15) is 9.59 Å². The van der Waals surface area contributed by atoms with Gasteiger partial charge in [-0.2, -0.15) is 0 Å². The molecule has 1 atom stereocenters. The van der Waals surface area contributed by atoms with Crippen molar-refractivity contribution in [2.45, 2.75) is 26.3 Å². The van der Waals surface area contributed by atoms with Gasteiger partial charge in [0.1, 0.15) is 0 Å². The molecule has 6 heteroatoms. The molecule has 1 unspecified atom stereocenters. The van der Waals surface area contributed by atoms with E-state index in [-0.39, 0.29) is 23.3 Å². The Hall–Kier alpha value is -1.56. The average molecular weight is 329 g/mol.